The van der Waals surface area contributed by atoms with E-state index >= 15 is 0 Å². The van der Waals surface area contributed by atoms with Gasteiger partial charge in [0.25, 0.3) is 0 Å². The van der Waals surface area contributed by atoms with E-state index in [-0.39, 0.29) is 18.3 Å². The fourth-order valence-corrected chi connectivity index (χ4v) is 2.10. The molecule has 0 bridgehead atoms. The van der Waals surface area contributed by atoms with Gasteiger partial charge in [0.05, 0.1) is 25.0 Å². The SMILES string of the molecule is Cc1ccc(CC(CO)Nc2cnc(C(=O)O)cn2)cc1C. The molecule has 0 saturated carbocycles. The van der Waals surface area contributed by atoms with Gasteiger partial charge in [-0.2, -0.15) is 0 Å². The summed E-state index contributed by atoms with van der Waals surface area (Å²) < 4.78 is 0. The van der Waals surface area contributed by atoms with Gasteiger partial charge in [-0.1, -0.05) is 18.2 Å². The number of anilines is 1. The van der Waals surface area contributed by atoms with Crippen molar-refractivity contribution in [3.05, 3.63) is 53.0 Å². The van der Waals surface area contributed by atoms with E-state index < -0.39 is 5.97 Å². The summed E-state index contributed by atoms with van der Waals surface area (Å²) in [5.41, 5.74) is 3.44. The largest absolute Gasteiger partial charge is 0.476 e. The molecule has 0 aliphatic rings. The molecule has 1 aromatic carbocycles. The van der Waals surface area contributed by atoms with Crippen molar-refractivity contribution < 1.29 is 15.0 Å². The third-order valence-corrected chi connectivity index (χ3v) is 3.50. The van der Waals surface area contributed by atoms with Gasteiger partial charge in [0.15, 0.2) is 5.69 Å². The van der Waals surface area contributed by atoms with Crippen LogP contribution in [0.1, 0.15) is 27.2 Å². The summed E-state index contributed by atoms with van der Waals surface area (Å²) >= 11 is 0. The lowest BCUT2D eigenvalue weighted by Crippen LogP contribution is -2.27. The quantitative estimate of drug-likeness (QED) is 0.753. The number of aromatic nitrogens is 2. The van der Waals surface area contributed by atoms with E-state index in [4.69, 9.17) is 5.11 Å². The Morgan fingerprint density at radius 3 is 2.55 bits per heavy atom. The van der Waals surface area contributed by atoms with Gasteiger partial charge in [-0.15, -0.1) is 0 Å². The lowest BCUT2D eigenvalue weighted by atomic mass is 10.0. The summed E-state index contributed by atoms with van der Waals surface area (Å²) in [6, 6.07) is 5.97. The fraction of sp³-hybridized carbons (Fsp3) is 0.312. The molecule has 0 radical (unpaired) electrons. The first-order valence-electron chi connectivity index (χ1n) is 6.98. The highest BCUT2D eigenvalue weighted by Crippen LogP contribution is 2.13. The molecule has 22 heavy (non-hydrogen) atoms. The van der Waals surface area contributed by atoms with Crippen molar-refractivity contribution in [2.45, 2.75) is 26.3 Å². The van der Waals surface area contributed by atoms with Crippen LogP contribution < -0.4 is 5.32 Å². The fourth-order valence-electron chi connectivity index (χ4n) is 2.10. The molecule has 0 amide bonds. The molecule has 0 fully saturated rings. The van der Waals surface area contributed by atoms with Gasteiger partial charge in [-0.05, 0) is 37.0 Å². The number of nitrogens with one attached hydrogen (secondary N) is 1. The number of aryl methyl sites for hydroxylation is 2. The second kappa shape index (κ2) is 7.00. The average Bonchev–Trinajstić information content (AvgIpc) is 2.50. The normalized spacial score (nSPS) is 12.0. The van der Waals surface area contributed by atoms with Crippen LogP contribution in [0.15, 0.2) is 30.6 Å². The van der Waals surface area contributed by atoms with Gasteiger partial charge in [-0.3, -0.25) is 0 Å². The molecule has 1 atom stereocenters. The van der Waals surface area contributed by atoms with E-state index in [1.54, 1.807) is 0 Å². The zero-order chi connectivity index (χ0) is 16.1. The monoisotopic (exact) mass is 301 g/mol. The molecular formula is C16H19N3O3. The Balaban J connectivity index is 2.05. The molecule has 2 aromatic rings. The molecule has 6 heteroatoms. The highest BCUT2D eigenvalue weighted by atomic mass is 16.4. The summed E-state index contributed by atoms with van der Waals surface area (Å²) in [5.74, 6) is -0.680. The van der Waals surface area contributed by atoms with Crippen molar-refractivity contribution in [2.24, 2.45) is 0 Å². The number of nitrogens with zero attached hydrogens (tertiary/aromatic N) is 2. The Morgan fingerprint density at radius 2 is 2.00 bits per heavy atom. The molecule has 116 valence electrons. The average molecular weight is 301 g/mol. The van der Waals surface area contributed by atoms with Crippen molar-refractivity contribution >= 4 is 11.8 Å². The minimum Gasteiger partial charge on any atom is -0.476 e. The topological polar surface area (TPSA) is 95.3 Å². The first-order valence-corrected chi connectivity index (χ1v) is 6.98. The Labute approximate surface area is 128 Å². The Kier molecular flexibility index (Phi) is 5.06. The van der Waals surface area contributed by atoms with Crippen molar-refractivity contribution in [3.8, 4) is 0 Å². The van der Waals surface area contributed by atoms with Gasteiger partial charge < -0.3 is 15.5 Å². The molecule has 1 unspecified atom stereocenters. The number of carbonyl (C=O) groups is 1. The summed E-state index contributed by atoms with van der Waals surface area (Å²) in [5, 5.41) is 21.4. The third kappa shape index (κ3) is 4.02. The molecule has 3 N–H and O–H groups in total. The van der Waals surface area contributed by atoms with Gasteiger partial charge >= 0.3 is 5.97 Å². The number of aliphatic hydroxyl groups is 1. The van der Waals surface area contributed by atoms with Crippen LogP contribution in [0.2, 0.25) is 0 Å². The number of hydrogen-bond donors (Lipinski definition) is 3. The van der Waals surface area contributed by atoms with Crippen LogP contribution >= 0.6 is 0 Å². The number of hydrogen-bond acceptors (Lipinski definition) is 5. The second-order valence-electron chi connectivity index (χ2n) is 5.24. The van der Waals surface area contributed by atoms with E-state index in [0.717, 1.165) is 5.56 Å². The number of aliphatic hydroxyl groups excluding tert-OH is 1. The zero-order valence-electron chi connectivity index (χ0n) is 12.6. The maximum Gasteiger partial charge on any atom is 0.356 e. The minimum atomic E-state index is -1.12. The Hall–Kier alpha value is -2.47. The number of rotatable bonds is 6. The minimum absolute atomic E-state index is 0.0602. The van der Waals surface area contributed by atoms with Crippen LogP contribution in [0.5, 0.6) is 0 Å². The van der Waals surface area contributed by atoms with Gasteiger partial charge in [-0.25, -0.2) is 14.8 Å². The van der Waals surface area contributed by atoms with Crippen molar-refractivity contribution in [3.63, 3.8) is 0 Å². The Morgan fingerprint density at radius 1 is 1.23 bits per heavy atom. The van der Waals surface area contributed by atoms with E-state index in [1.807, 2.05) is 6.07 Å². The maximum absolute atomic E-state index is 10.7. The molecular weight excluding hydrogens is 282 g/mol. The van der Waals surface area contributed by atoms with Crippen LogP contribution in [0.3, 0.4) is 0 Å². The maximum atomic E-state index is 10.7. The first kappa shape index (κ1) is 15.9. The highest BCUT2D eigenvalue weighted by molar-refractivity contribution is 5.84. The lowest BCUT2D eigenvalue weighted by Gasteiger charge is -2.17. The van der Waals surface area contributed by atoms with Crippen LogP contribution in [0, 0.1) is 13.8 Å². The van der Waals surface area contributed by atoms with Crippen LogP contribution in [0.25, 0.3) is 0 Å². The zero-order valence-corrected chi connectivity index (χ0v) is 12.6. The Bertz CT molecular complexity index is 656. The summed E-state index contributed by atoms with van der Waals surface area (Å²) in [7, 11) is 0. The summed E-state index contributed by atoms with van der Waals surface area (Å²) in [6.45, 7) is 4.05. The molecule has 0 spiro atoms. The number of carboxylic acids is 1. The predicted octanol–water partition coefficient (Wildman–Crippen LogP) is 1.81. The third-order valence-electron chi connectivity index (χ3n) is 3.50. The number of benzene rings is 1. The highest BCUT2D eigenvalue weighted by Gasteiger charge is 2.11. The predicted molar refractivity (Wildman–Crippen MR) is 83.1 cm³/mol. The molecule has 0 saturated heterocycles. The van der Waals surface area contributed by atoms with E-state index in [2.05, 4.69) is 41.3 Å². The molecule has 6 nitrogen and oxygen atoms in total. The van der Waals surface area contributed by atoms with E-state index in [0.29, 0.717) is 12.2 Å². The van der Waals surface area contributed by atoms with Gasteiger partial charge in [0.1, 0.15) is 5.82 Å². The number of aromatic carboxylic acids is 1. The van der Waals surface area contributed by atoms with Crippen LogP contribution in [0.4, 0.5) is 5.82 Å². The van der Waals surface area contributed by atoms with Crippen molar-refractivity contribution in [1.82, 2.24) is 9.97 Å². The van der Waals surface area contributed by atoms with Crippen molar-refractivity contribution in [1.29, 1.82) is 0 Å². The van der Waals surface area contributed by atoms with Gasteiger partial charge in [0, 0.05) is 0 Å². The summed E-state index contributed by atoms with van der Waals surface area (Å²) in [4.78, 5) is 18.5. The smallest absolute Gasteiger partial charge is 0.356 e. The van der Waals surface area contributed by atoms with Crippen molar-refractivity contribution in [2.75, 3.05) is 11.9 Å². The van der Waals surface area contributed by atoms with E-state index in [1.165, 1.54) is 23.5 Å². The molecule has 1 heterocycles. The molecule has 0 aliphatic heterocycles. The summed E-state index contributed by atoms with van der Waals surface area (Å²) in [6.07, 6.45) is 3.18. The molecule has 0 aliphatic carbocycles. The van der Waals surface area contributed by atoms with Crippen LogP contribution in [-0.2, 0) is 6.42 Å². The van der Waals surface area contributed by atoms with E-state index in [9.17, 15) is 9.90 Å². The second-order valence-corrected chi connectivity index (χ2v) is 5.24. The van der Waals surface area contributed by atoms with Gasteiger partial charge in [0.2, 0.25) is 0 Å². The number of carboxylic acid groups (broad SMARTS) is 1. The first-order chi connectivity index (χ1) is 10.5. The lowest BCUT2D eigenvalue weighted by molar-refractivity contribution is 0.0690. The van der Waals surface area contributed by atoms with Crippen LogP contribution in [-0.4, -0.2) is 38.8 Å². The standard InChI is InChI=1S/C16H19N3O3/c1-10-3-4-12(5-11(10)2)6-13(9-20)19-15-8-17-14(7-18-15)16(21)22/h3-5,7-8,13,20H,6,9H2,1-2H3,(H,18,19)(H,21,22). The molecule has 1 aromatic heterocycles. The molecule has 2 rings (SSSR count).